The minimum atomic E-state index is 0.0737. The zero-order chi connectivity index (χ0) is 25.7. The average molecular weight is 527 g/mol. The number of morpholine rings is 1. The number of carbonyl (C=O) groups is 1. The van der Waals surface area contributed by atoms with E-state index < -0.39 is 0 Å². The fourth-order valence-corrected chi connectivity index (χ4v) is 6.61. The van der Waals surface area contributed by atoms with E-state index in [9.17, 15) is 4.79 Å². The molecule has 4 heterocycles. The topological polar surface area (TPSA) is 57.7 Å². The van der Waals surface area contributed by atoms with Gasteiger partial charge in [0.15, 0.2) is 0 Å². The molecule has 0 atom stereocenters. The summed E-state index contributed by atoms with van der Waals surface area (Å²) >= 11 is 1.69. The highest BCUT2D eigenvalue weighted by molar-refractivity contribution is 7.18. The van der Waals surface area contributed by atoms with E-state index in [4.69, 9.17) is 9.72 Å². The lowest BCUT2D eigenvalue weighted by Crippen LogP contribution is -2.38. The Bertz CT molecular complexity index is 1360. The number of hydrogen-bond acceptors (Lipinski definition) is 6. The highest BCUT2D eigenvalue weighted by atomic mass is 32.1. The predicted octanol–water partition coefficient (Wildman–Crippen LogP) is 5.76. The van der Waals surface area contributed by atoms with E-state index in [2.05, 4.69) is 58.1 Å². The number of carbonyl (C=O) groups excluding carboxylic acids is 1. The van der Waals surface area contributed by atoms with Crippen LogP contribution in [0.3, 0.4) is 0 Å². The molecule has 0 aliphatic carbocycles. The van der Waals surface area contributed by atoms with Crippen LogP contribution in [-0.2, 0) is 17.8 Å². The maximum absolute atomic E-state index is 13.9. The summed E-state index contributed by atoms with van der Waals surface area (Å²) in [5, 5.41) is 5.84. The standard InChI is InChI=1S/C31H34N4O2S/c36-31(35-13-11-25(12-14-35)24-9-5-2-6-10-24)27-20-33-28-26(21-34-15-17-37-18-16-34)22-38-30(28)29(27)32-19-23-7-3-1-4-8-23/h1-10,20,22,25H,11-19,21H2,(H,32,33). The number of ether oxygens (including phenoxy) is 1. The second-order valence-corrected chi connectivity index (χ2v) is 11.1. The molecule has 7 heteroatoms. The third-order valence-electron chi connectivity index (χ3n) is 7.75. The number of anilines is 1. The smallest absolute Gasteiger partial charge is 0.257 e. The maximum Gasteiger partial charge on any atom is 0.257 e. The van der Waals surface area contributed by atoms with E-state index >= 15 is 0 Å². The molecule has 38 heavy (non-hydrogen) atoms. The van der Waals surface area contributed by atoms with Crippen LogP contribution in [0.4, 0.5) is 5.69 Å². The number of piperidine rings is 1. The summed E-state index contributed by atoms with van der Waals surface area (Å²) in [7, 11) is 0. The number of fused-ring (bicyclic) bond motifs is 1. The molecule has 1 amide bonds. The van der Waals surface area contributed by atoms with Crippen molar-refractivity contribution >= 4 is 33.1 Å². The second-order valence-electron chi connectivity index (χ2n) is 10.2. The number of rotatable bonds is 7. The van der Waals surface area contributed by atoms with Crippen LogP contribution in [0.1, 0.15) is 45.8 Å². The lowest BCUT2D eigenvalue weighted by Gasteiger charge is -2.32. The molecule has 0 spiro atoms. The van der Waals surface area contributed by atoms with Crippen LogP contribution in [0.25, 0.3) is 10.2 Å². The number of amides is 1. The van der Waals surface area contributed by atoms with Crippen LogP contribution in [0.15, 0.2) is 72.2 Å². The van der Waals surface area contributed by atoms with E-state index in [1.165, 1.54) is 16.7 Å². The number of nitrogens with one attached hydrogen (secondary N) is 1. The predicted molar refractivity (Wildman–Crippen MR) is 154 cm³/mol. The SMILES string of the molecule is O=C(c1cnc2c(CN3CCOCC3)csc2c1NCc1ccccc1)N1CCC(c2ccccc2)CC1. The van der Waals surface area contributed by atoms with E-state index in [0.717, 1.165) is 74.7 Å². The molecule has 4 aromatic rings. The third kappa shape index (κ3) is 5.46. The monoisotopic (exact) mass is 526 g/mol. The van der Waals surface area contributed by atoms with Crippen LogP contribution in [0.2, 0.25) is 0 Å². The van der Waals surface area contributed by atoms with Gasteiger partial charge in [-0.1, -0.05) is 60.7 Å². The largest absolute Gasteiger partial charge is 0.379 e. The van der Waals surface area contributed by atoms with Gasteiger partial charge in [0.1, 0.15) is 0 Å². The van der Waals surface area contributed by atoms with Crippen molar-refractivity contribution in [2.75, 3.05) is 44.7 Å². The van der Waals surface area contributed by atoms with Crippen LogP contribution in [-0.4, -0.2) is 60.1 Å². The molecule has 2 aliphatic heterocycles. The first-order chi connectivity index (χ1) is 18.8. The van der Waals surface area contributed by atoms with E-state index in [1.807, 2.05) is 23.1 Å². The lowest BCUT2D eigenvalue weighted by molar-refractivity contribution is 0.0344. The Balaban J connectivity index is 1.26. The summed E-state index contributed by atoms with van der Waals surface area (Å²) in [5.74, 6) is 0.584. The molecule has 6 nitrogen and oxygen atoms in total. The zero-order valence-corrected chi connectivity index (χ0v) is 22.5. The highest BCUT2D eigenvalue weighted by Gasteiger charge is 2.28. The molecular formula is C31H34N4O2S. The number of nitrogens with zero attached hydrogens (tertiary/aromatic N) is 3. The summed E-state index contributed by atoms with van der Waals surface area (Å²) < 4.78 is 6.59. The summed E-state index contributed by atoms with van der Waals surface area (Å²) in [4.78, 5) is 23.2. The number of pyridine rings is 1. The fraction of sp³-hybridized carbons (Fsp3) is 0.355. The molecule has 2 saturated heterocycles. The molecule has 6 rings (SSSR count). The van der Waals surface area contributed by atoms with Gasteiger partial charge in [0.25, 0.3) is 5.91 Å². The molecule has 0 bridgehead atoms. The molecule has 196 valence electrons. The lowest BCUT2D eigenvalue weighted by atomic mass is 9.89. The summed E-state index contributed by atoms with van der Waals surface area (Å²) in [6, 6.07) is 21.0. The number of likely N-dealkylation sites (tertiary alicyclic amines) is 1. The van der Waals surface area contributed by atoms with Gasteiger partial charge in [-0.3, -0.25) is 14.7 Å². The summed E-state index contributed by atoms with van der Waals surface area (Å²) in [5.41, 5.74) is 6.36. The Morgan fingerprint density at radius 3 is 2.42 bits per heavy atom. The van der Waals surface area contributed by atoms with Gasteiger partial charge < -0.3 is 15.0 Å². The Morgan fingerprint density at radius 2 is 1.68 bits per heavy atom. The Hall–Kier alpha value is -3.26. The van der Waals surface area contributed by atoms with Crippen LogP contribution < -0.4 is 5.32 Å². The molecule has 2 fully saturated rings. The zero-order valence-electron chi connectivity index (χ0n) is 21.6. The van der Waals surface area contributed by atoms with Crippen LogP contribution in [0.5, 0.6) is 0 Å². The van der Waals surface area contributed by atoms with Gasteiger partial charge in [0, 0.05) is 51.0 Å². The number of hydrogen-bond donors (Lipinski definition) is 1. The normalized spacial score (nSPS) is 17.1. The van der Waals surface area contributed by atoms with Crippen molar-refractivity contribution in [3.63, 3.8) is 0 Å². The molecule has 1 N–H and O–H groups in total. The number of thiophene rings is 1. The van der Waals surface area contributed by atoms with Gasteiger partial charge in [0.05, 0.1) is 34.7 Å². The minimum Gasteiger partial charge on any atom is -0.379 e. The Labute approximate surface area is 228 Å². The van der Waals surface area contributed by atoms with Crippen LogP contribution >= 0.6 is 11.3 Å². The summed E-state index contributed by atoms with van der Waals surface area (Å²) in [6.45, 7) is 6.47. The molecule has 0 unspecified atom stereocenters. The van der Waals surface area contributed by atoms with Crippen molar-refractivity contribution in [1.29, 1.82) is 0 Å². The van der Waals surface area contributed by atoms with Gasteiger partial charge in [0.2, 0.25) is 0 Å². The first-order valence-electron chi connectivity index (χ1n) is 13.6. The molecule has 2 aromatic carbocycles. The Morgan fingerprint density at radius 1 is 0.974 bits per heavy atom. The van der Waals surface area contributed by atoms with Crippen molar-refractivity contribution in [3.8, 4) is 0 Å². The first kappa shape index (κ1) is 25.0. The van der Waals surface area contributed by atoms with Gasteiger partial charge >= 0.3 is 0 Å². The fourth-order valence-electron chi connectivity index (χ4n) is 5.57. The van der Waals surface area contributed by atoms with Crippen molar-refractivity contribution in [3.05, 3.63) is 94.5 Å². The van der Waals surface area contributed by atoms with Crippen molar-refractivity contribution in [2.24, 2.45) is 0 Å². The Kier molecular flexibility index (Phi) is 7.67. The molecular weight excluding hydrogens is 492 g/mol. The summed E-state index contributed by atoms with van der Waals surface area (Å²) in [6.07, 6.45) is 3.78. The number of benzene rings is 2. The van der Waals surface area contributed by atoms with Crippen molar-refractivity contribution < 1.29 is 9.53 Å². The van der Waals surface area contributed by atoms with E-state index in [0.29, 0.717) is 18.0 Å². The molecule has 0 radical (unpaired) electrons. The third-order valence-corrected chi connectivity index (χ3v) is 8.79. The first-order valence-corrected chi connectivity index (χ1v) is 14.5. The molecule has 2 aliphatic rings. The van der Waals surface area contributed by atoms with E-state index in [-0.39, 0.29) is 5.91 Å². The average Bonchev–Trinajstić information content (AvgIpc) is 3.40. The number of aromatic nitrogens is 1. The van der Waals surface area contributed by atoms with Gasteiger partial charge in [-0.05, 0) is 35.3 Å². The van der Waals surface area contributed by atoms with Gasteiger partial charge in [-0.2, -0.15) is 0 Å². The van der Waals surface area contributed by atoms with Gasteiger partial charge in [-0.25, -0.2) is 0 Å². The second kappa shape index (κ2) is 11.6. The van der Waals surface area contributed by atoms with E-state index in [1.54, 1.807) is 17.5 Å². The van der Waals surface area contributed by atoms with Crippen molar-refractivity contribution in [1.82, 2.24) is 14.8 Å². The quantitative estimate of drug-likeness (QED) is 0.332. The highest BCUT2D eigenvalue weighted by Crippen LogP contribution is 2.36. The molecule has 0 saturated carbocycles. The van der Waals surface area contributed by atoms with Crippen molar-refractivity contribution in [2.45, 2.75) is 31.8 Å². The van der Waals surface area contributed by atoms with Gasteiger partial charge in [-0.15, -0.1) is 11.3 Å². The van der Waals surface area contributed by atoms with Crippen LogP contribution in [0, 0.1) is 0 Å². The molecule has 2 aromatic heterocycles. The maximum atomic E-state index is 13.9. The minimum absolute atomic E-state index is 0.0737.